The molecule has 0 unspecified atom stereocenters. The van der Waals surface area contributed by atoms with Crippen molar-refractivity contribution in [1.29, 1.82) is 0 Å². The molecule has 0 saturated heterocycles. The maximum absolute atomic E-state index is 13.6. The molecule has 3 aromatic rings. The smallest absolute Gasteiger partial charge is 0.244 e. The third kappa shape index (κ3) is 4.88. The number of rotatable bonds is 6. The van der Waals surface area contributed by atoms with E-state index in [1.54, 1.807) is 0 Å². The number of benzene rings is 3. The van der Waals surface area contributed by atoms with E-state index >= 15 is 0 Å². The molecule has 0 amide bonds. The maximum Gasteiger partial charge on any atom is 0.244 e. The van der Waals surface area contributed by atoms with E-state index in [0.717, 1.165) is 39.1 Å². The van der Waals surface area contributed by atoms with Gasteiger partial charge in [0.05, 0.1) is 18.1 Å². The average Bonchev–Trinajstić information content (AvgIpc) is 2.96. The van der Waals surface area contributed by atoms with Crippen LogP contribution in [-0.4, -0.2) is 25.9 Å². The van der Waals surface area contributed by atoms with Crippen molar-refractivity contribution >= 4 is 10.0 Å². The Morgan fingerprint density at radius 2 is 1.59 bits per heavy atom. The SMILES string of the molecule is Cc1cc(C)c(S(=O)(=O)N2CCOc3ccc(COCc4ccccc4)cc3C2)c(C)c1. The monoisotopic (exact) mass is 451 g/mol. The van der Waals surface area contributed by atoms with Gasteiger partial charge in [0.15, 0.2) is 0 Å². The fourth-order valence-electron chi connectivity index (χ4n) is 4.28. The molecule has 0 radical (unpaired) electrons. The van der Waals surface area contributed by atoms with Gasteiger partial charge in [-0.05, 0) is 55.2 Å². The largest absolute Gasteiger partial charge is 0.492 e. The standard InChI is InChI=1S/C26H29NO4S/c1-19-13-20(2)26(21(3)14-19)32(28,29)27-11-12-31-25-10-9-23(15-24(25)16-27)18-30-17-22-7-5-4-6-8-22/h4-10,13-15H,11-12,16-18H2,1-3H3. The summed E-state index contributed by atoms with van der Waals surface area (Å²) in [5.41, 5.74) is 5.57. The summed E-state index contributed by atoms with van der Waals surface area (Å²) in [6, 6.07) is 19.7. The summed E-state index contributed by atoms with van der Waals surface area (Å²) in [5, 5.41) is 0. The Hall–Kier alpha value is -2.67. The normalized spacial score (nSPS) is 14.5. The third-order valence-corrected chi connectivity index (χ3v) is 7.80. The Bertz CT molecular complexity index is 1180. The number of hydrogen-bond acceptors (Lipinski definition) is 4. The summed E-state index contributed by atoms with van der Waals surface area (Å²) in [6.07, 6.45) is 0. The summed E-state index contributed by atoms with van der Waals surface area (Å²) in [6.45, 7) is 7.58. The van der Waals surface area contributed by atoms with Crippen LogP contribution < -0.4 is 4.74 Å². The van der Waals surface area contributed by atoms with Gasteiger partial charge in [0.25, 0.3) is 0 Å². The first-order valence-corrected chi connectivity index (χ1v) is 12.2. The summed E-state index contributed by atoms with van der Waals surface area (Å²) < 4.78 is 40.4. The van der Waals surface area contributed by atoms with Crippen molar-refractivity contribution in [3.63, 3.8) is 0 Å². The number of fused-ring (bicyclic) bond motifs is 1. The van der Waals surface area contributed by atoms with Crippen molar-refractivity contribution < 1.29 is 17.9 Å². The van der Waals surface area contributed by atoms with Gasteiger partial charge >= 0.3 is 0 Å². The molecular weight excluding hydrogens is 422 g/mol. The molecule has 1 heterocycles. The molecule has 1 aliphatic rings. The molecule has 0 aromatic heterocycles. The molecule has 3 aromatic carbocycles. The van der Waals surface area contributed by atoms with Gasteiger partial charge in [0.1, 0.15) is 12.4 Å². The van der Waals surface area contributed by atoms with Crippen molar-refractivity contribution in [2.24, 2.45) is 0 Å². The van der Waals surface area contributed by atoms with Gasteiger partial charge in [-0.2, -0.15) is 4.31 Å². The first kappa shape index (κ1) is 22.5. The predicted molar refractivity (Wildman–Crippen MR) is 125 cm³/mol. The molecule has 32 heavy (non-hydrogen) atoms. The molecule has 0 N–H and O–H groups in total. The first-order chi connectivity index (χ1) is 15.3. The summed E-state index contributed by atoms with van der Waals surface area (Å²) in [5.74, 6) is 0.729. The number of nitrogens with zero attached hydrogens (tertiary/aromatic N) is 1. The van der Waals surface area contributed by atoms with Gasteiger partial charge in [-0.25, -0.2) is 8.42 Å². The van der Waals surface area contributed by atoms with Gasteiger partial charge in [0.2, 0.25) is 10.0 Å². The van der Waals surface area contributed by atoms with Crippen LogP contribution in [-0.2, 0) is 34.5 Å². The minimum Gasteiger partial charge on any atom is -0.492 e. The third-order valence-electron chi connectivity index (χ3n) is 5.65. The molecule has 0 saturated carbocycles. The van der Waals surface area contributed by atoms with Crippen LogP contribution in [0.2, 0.25) is 0 Å². The summed E-state index contributed by atoms with van der Waals surface area (Å²) in [7, 11) is -3.65. The van der Waals surface area contributed by atoms with Crippen molar-refractivity contribution in [2.45, 2.75) is 45.4 Å². The fourth-order valence-corrected chi connectivity index (χ4v) is 6.10. The van der Waals surface area contributed by atoms with E-state index in [1.807, 2.05) is 81.4 Å². The number of hydrogen-bond donors (Lipinski definition) is 0. The number of sulfonamides is 1. The van der Waals surface area contributed by atoms with Crippen molar-refractivity contribution in [3.05, 3.63) is 94.0 Å². The lowest BCUT2D eigenvalue weighted by Crippen LogP contribution is -2.33. The van der Waals surface area contributed by atoms with E-state index in [0.29, 0.717) is 31.3 Å². The van der Waals surface area contributed by atoms with Gasteiger partial charge in [-0.3, -0.25) is 0 Å². The van der Waals surface area contributed by atoms with E-state index in [-0.39, 0.29) is 6.54 Å². The molecule has 4 rings (SSSR count). The summed E-state index contributed by atoms with van der Waals surface area (Å²) >= 11 is 0. The molecular formula is C26H29NO4S. The Labute approximate surface area is 190 Å². The highest BCUT2D eigenvalue weighted by Gasteiger charge is 2.30. The maximum atomic E-state index is 13.6. The highest BCUT2D eigenvalue weighted by Crippen LogP contribution is 2.30. The van der Waals surface area contributed by atoms with Crippen LogP contribution in [0.25, 0.3) is 0 Å². The lowest BCUT2D eigenvalue weighted by atomic mass is 10.1. The quantitative estimate of drug-likeness (QED) is 0.534. The molecule has 168 valence electrons. The molecule has 1 aliphatic heterocycles. The molecule has 0 atom stereocenters. The second-order valence-electron chi connectivity index (χ2n) is 8.34. The van der Waals surface area contributed by atoms with Crippen LogP contribution in [0.1, 0.15) is 33.4 Å². The second kappa shape index (κ2) is 9.45. The molecule has 6 heteroatoms. The number of ether oxygens (including phenoxy) is 2. The predicted octanol–water partition coefficient (Wildman–Crippen LogP) is 4.91. The van der Waals surface area contributed by atoms with Crippen LogP contribution in [0.3, 0.4) is 0 Å². The van der Waals surface area contributed by atoms with E-state index < -0.39 is 10.0 Å². The van der Waals surface area contributed by atoms with E-state index in [2.05, 4.69) is 0 Å². The highest BCUT2D eigenvalue weighted by atomic mass is 32.2. The Morgan fingerprint density at radius 1 is 0.906 bits per heavy atom. The van der Waals surface area contributed by atoms with Crippen molar-refractivity contribution in [3.8, 4) is 5.75 Å². The lowest BCUT2D eigenvalue weighted by Gasteiger charge is -2.22. The molecule has 5 nitrogen and oxygen atoms in total. The van der Waals surface area contributed by atoms with E-state index in [9.17, 15) is 8.42 Å². The van der Waals surface area contributed by atoms with Gasteiger partial charge in [-0.15, -0.1) is 0 Å². The zero-order valence-corrected chi connectivity index (χ0v) is 19.6. The van der Waals surface area contributed by atoms with Crippen LogP contribution in [0.5, 0.6) is 5.75 Å². The van der Waals surface area contributed by atoms with Crippen molar-refractivity contribution in [2.75, 3.05) is 13.2 Å². The lowest BCUT2D eigenvalue weighted by molar-refractivity contribution is 0.107. The minimum atomic E-state index is -3.65. The first-order valence-electron chi connectivity index (χ1n) is 10.8. The van der Waals surface area contributed by atoms with Crippen LogP contribution in [0.4, 0.5) is 0 Å². The van der Waals surface area contributed by atoms with E-state index in [4.69, 9.17) is 9.47 Å². The topological polar surface area (TPSA) is 55.8 Å². The zero-order chi connectivity index (χ0) is 22.7. The zero-order valence-electron chi connectivity index (χ0n) is 18.8. The van der Waals surface area contributed by atoms with Crippen molar-refractivity contribution in [1.82, 2.24) is 4.31 Å². The number of aryl methyl sites for hydroxylation is 3. The Morgan fingerprint density at radius 3 is 2.31 bits per heavy atom. The van der Waals surface area contributed by atoms with Crippen LogP contribution in [0.15, 0.2) is 65.6 Å². The fraction of sp³-hybridized carbons (Fsp3) is 0.308. The Kier molecular flexibility index (Phi) is 6.65. The second-order valence-corrected chi connectivity index (χ2v) is 10.2. The van der Waals surface area contributed by atoms with E-state index in [1.165, 1.54) is 4.31 Å². The highest BCUT2D eigenvalue weighted by molar-refractivity contribution is 7.89. The molecule has 0 aliphatic carbocycles. The van der Waals surface area contributed by atoms with Gasteiger partial charge in [-0.1, -0.05) is 54.1 Å². The van der Waals surface area contributed by atoms with Gasteiger partial charge < -0.3 is 9.47 Å². The molecule has 0 spiro atoms. The molecule has 0 fully saturated rings. The average molecular weight is 452 g/mol. The van der Waals surface area contributed by atoms with Crippen LogP contribution in [0, 0.1) is 20.8 Å². The molecule has 0 bridgehead atoms. The van der Waals surface area contributed by atoms with Gasteiger partial charge in [0, 0.05) is 18.7 Å². The van der Waals surface area contributed by atoms with Crippen LogP contribution >= 0.6 is 0 Å². The summed E-state index contributed by atoms with van der Waals surface area (Å²) in [4.78, 5) is 0.397. The Balaban J connectivity index is 1.54. The minimum absolute atomic E-state index is 0.275.